The molecule has 1 nitrogen and oxygen atoms in total. The molecule has 0 radical (unpaired) electrons. The van der Waals surface area contributed by atoms with E-state index in [0.717, 1.165) is 12.1 Å². The lowest BCUT2D eigenvalue weighted by molar-refractivity contribution is 0.0985. The van der Waals surface area contributed by atoms with E-state index in [0.29, 0.717) is 15.6 Å². The highest BCUT2D eigenvalue weighted by molar-refractivity contribution is 6.33. The second-order valence-corrected chi connectivity index (χ2v) is 4.78. The molecule has 0 spiro atoms. The van der Waals surface area contributed by atoms with Gasteiger partial charge in [0.25, 0.3) is 0 Å². The van der Waals surface area contributed by atoms with Gasteiger partial charge in [0, 0.05) is 16.5 Å². The van der Waals surface area contributed by atoms with Crippen LogP contribution in [0.15, 0.2) is 36.4 Å². The number of halogens is 4. The van der Waals surface area contributed by atoms with E-state index in [4.69, 9.17) is 23.2 Å². The monoisotopic (exact) mass is 300 g/mol. The van der Waals surface area contributed by atoms with Gasteiger partial charge in [-0.15, -0.1) is 0 Å². The normalized spacial score (nSPS) is 10.5. The predicted molar refractivity (Wildman–Crippen MR) is 70.9 cm³/mol. The van der Waals surface area contributed by atoms with Crippen LogP contribution in [0.4, 0.5) is 8.78 Å². The Labute approximate surface area is 118 Å². The average molecular weight is 301 g/mol. The minimum absolute atomic E-state index is 0.211. The first kappa shape index (κ1) is 14.0. The average Bonchev–Trinajstić information content (AvgIpc) is 2.33. The van der Waals surface area contributed by atoms with Crippen molar-refractivity contribution in [3.63, 3.8) is 0 Å². The van der Waals surface area contributed by atoms with Gasteiger partial charge in [-0.3, -0.25) is 4.79 Å². The highest BCUT2D eigenvalue weighted by Gasteiger charge is 2.18. The summed E-state index contributed by atoms with van der Waals surface area (Å²) in [7, 11) is 0. The zero-order valence-corrected chi connectivity index (χ0v) is 11.1. The molecule has 0 atom stereocenters. The lowest BCUT2D eigenvalue weighted by Crippen LogP contribution is -2.09. The van der Waals surface area contributed by atoms with E-state index >= 15 is 0 Å². The van der Waals surface area contributed by atoms with Gasteiger partial charge >= 0.3 is 0 Å². The van der Waals surface area contributed by atoms with Crippen LogP contribution in [-0.4, -0.2) is 5.78 Å². The number of hydrogen-bond donors (Lipinski definition) is 0. The summed E-state index contributed by atoms with van der Waals surface area (Å²) in [5.41, 5.74) is -0.125. The molecule has 19 heavy (non-hydrogen) atoms. The summed E-state index contributed by atoms with van der Waals surface area (Å²) in [6.07, 6.45) is -0.211. The second-order valence-electron chi connectivity index (χ2n) is 3.93. The fourth-order valence-corrected chi connectivity index (χ4v) is 2.08. The summed E-state index contributed by atoms with van der Waals surface area (Å²) in [4.78, 5) is 11.9. The lowest BCUT2D eigenvalue weighted by Gasteiger charge is -2.06. The molecule has 0 N–H and O–H groups in total. The van der Waals surface area contributed by atoms with E-state index < -0.39 is 23.0 Å². The van der Waals surface area contributed by atoms with Gasteiger partial charge in [0.05, 0.1) is 5.56 Å². The molecule has 0 bridgehead atoms. The van der Waals surface area contributed by atoms with Crippen molar-refractivity contribution in [3.8, 4) is 0 Å². The third kappa shape index (κ3) is 3.11. The highest BCUT2D eigenvalue weighted by atomic mass is 35.5. The van der Waals surface area contributed by atoms with Crippen molar-refractivity contribution in [2.75, 3.05) is 0 Å². The van der Waals surface area contributed by atoms with Crippen LogP contribution in [-0.2, 0) is 6.42 Å². The molecular weight excluding hydrogens is 293 g/mol. The van der Waals surface area contributed by atoms with E-state index in [1.807, 2.05) is 0 Å². The third-order valence-corrected chi connectivity index (χ3v) is 3.20. The minimum Gasteiger partial charge on any atom is -0.294 e. The molecule has 0 aliphatic rings. The molecule has 0 saturated carbocycles. The Morgan fingerprint density at radius 1 is 1.05 bits per heavy atom. The maximum atomic E-state index is 13.5. The summed E-state index contributed by atoms with van der Waals surface area (Å²) in [6.45, 7) is 0. The molecule has 0 unspecified atom stereocenters. The number of carbonyl (C=O) groups excluding carboxylic acids is 1. The predicted octanol–water partition coefficient (Wildman–Crippen LogP) is 4.70. The molecule has 0 fully saturated rings. The van der Waals surface area contributed by atoms with Gasteiger partial charge in [0.2, 0.25) is 0 Å². The van der Waals surface area contributed by atoms with Gasteiger partial charge in [0.1, 0.15) is 11.6 Å². The maximum absolute atomic E-state index is 13.5. The van der Waals surface area contributed by atoms with E-state index in [1.165, 1.54) is 18.2 Å². The Hall–Kier alpha value is -1.45. The van der Waals surface area contributed by atoms with Gasteiger partial charge in [-0.05, 0) is 35.9 Å². The third-order valence-electron chi connectivity index (χ3n) is 2.60. The molecule has 0 amide bonds. The van der Waals surface area contributed by atoms with Crippen molar-refractivity contribution in [3.05, 3.63) is 69.2 Å². The topological polar surface area (TPSA) is 17.1 Å². The van der Waals surface area contributed by atoms with Gasteiger partial charge < -0.3 is 0 Å². The van der Waals surface area contributed by atoms with Crippen LogP contribution < -0.4 is 0 Å². The molecule has 0 aromatic heterocycles. The van der Waals surface area contributed by atoms with Crippen LogP contribution in [0.2, 0.25) is 10.0 Å². The molecule has 0 saturated heterocycles. The first-order chi connectivity index (χ1) is 8.99. The smallest absolute Gasteiger partial charge is 0.173 e. The maximum Gasteiger partial charge on any atom is 0.173 e. The summed E-state index contributed by atoms with van der Waals surface area (Å²) in [5, 5.41) is 0.732. The van der Waals surface area contributed by atoms with Crippen molar-refractivity contribution < 1.29 is 13.6 Å². The number of Topliss-reactive ketones (excluding diaryl/α,β-unsaturated/α-hetero) is 1. The Balaban J connectivity index is 2.34. The SMILES string of the molecule is O=C(Cc1cc(Cl)ccc1Cl)c1c(F)cccc1F. The molecule has 2 rings (SSSR count). The largest absolute Gasteiger partial charge is 0.294 e. The zero-order chi connectivity index (χ0) is 14.0. The molecule has 2 aromatic rings. The van der Waals surface area contributed by atoms with E-state index in [2.05, 4.69) is 0 Å². The van der Waals surface area contributed by atoms with Crippen LogP contribution in [0.5, 0.6) is 0 Å². The Bertz CT molecular complexity index is 621. The van der Waals surface area contributed by atoms with Gasteiger partial charge in [-0.2, -0.15) is 0 Å². The fraction of sp³-hybridized carbons (Fsp3) is 0.0714. The van der Waals surface area contributed by atoms with Crippen LogP contribution >= 0.6 is 23.2 Å². The van der Waals surface area contributed by atoms with Crippen molar-refractivity contribution in [2.24, 2.45) is 0 Å². The van der Waals surface area contributed by atoms with E-state index in [1.54, 1.807) is 6.07 Å². The number of carbonyl (C=O) groups is 1. The Morgan fingerprint density at radius 2 is 1.68 bits per heavy atom. The number of hydrogen-bond acceptors (Lipinski definition) is 1. The molecule has 0 aliphatic heterocycles. The summed E-state index contributed by atoms with van der Waals surface area (Å²) in [5.74, 6) is -2.45. The standard InChI is InChI=1S/C14H8Cl2F2O/c15-9-4-5-10(16)8(6-9)7-13(19)14-11(17)2-1-3-12(14)18/h1-6H,7H2. The summed E-state index contributed by atoms with van der Waals surface area (Å²) in [6, 6.07) is 7.88. The first-order valence-electron chi connectivity index (χ1n) is 5.40. The molecular formula is C14H8Cl2F2O. The van der Waals surface area contributed by atoms with Crippen molar-refractivity contribution in [1.29, 1.82) is 0 Å². The zero-order valence-electron chi connectivity index (χ0n) is 9.59. The fourth-order valence-electron chi connectivity index (χ4n) is 1.70. The van der Waals surface area contributed by atoms with Crippen LogP contribution in [0.1, 0.15) is 15.9 Å². The number of benzene rings is 2. The van der Waals surface area contributed by atoms with Crippen LogP contribution in [0.3, 0.4) is 0 Å². The number of ketones is 1. The summed E-state index contributed by atoms with van der Waals surface area (Å²) >= 11 is 11.7. The van der Waals surface area contributed by atoms with Gasteiger partial charge in [-0.25, -0.2) is 8.78 Å². The quantitative estimate of drug-likeness (QED) is 0.751. The molecule has 0 aliphatic carbocycles. The second kappa shape index (κ2) is 5.68. The van der Waals surface area contributed by atoms with E-state index in [9.17, 15) is 13.6 Å². The van der Waals surface area contributed by atoms with Crippen molar-refractivity contribution >= 4 is 29.0 Å². The molecule has 0 heterocycles. The minimum atomic E-state index is -0.886. The Morgan fingerprint density at radius 3 is 2.32 bits per heavy atom. The van der Waals surface area contributed by atoms with Crippen molar-refractivity contribution in [1.82, 2.24) is 0 Å². The van der Waals surface area contributed by atoms with Crippen LogP contribution in [0.25, 0.3) is 0 Å². The van der Waals surface area contributed by atoms with E-state index in [-0.39, 0.29) is 6.42 Å². The lowest BCUT2D eigenvalue weighted by atomic mass is 10.0. The highest BCUT2D eigenvalue weighted by Crippen LogP contribution is 2.23. The first-order valence-corrected chi connectivity index (χ1v) is 6.16. The molecule has 98 valence electrons. The molecule has 2 aromatic carbocycles. The summed E-state index contributed by atoms with van der Waals surface area (Å²) < 4.78 is 26.9. The van der Waals surface area contributed by atoms with Crippen LogP contribution in [0, 0.1) is 11.6 Å². The van der Waals surface area contributed by atoms with Crippen molar-refractivity contribution in [2.45, 2.75) is 6.42 Å². The van der Waals surface area contributed by atoms with Gasteiger partial charge in [-0.1, -0.05) is 29.3 Å². The van der Waals surface area contributed by atoms with Gasteiger partial charge in [0.15, 0.2) is 5.78 Å². The Kier molecular flexibility index (Phi) is 4.17. The number of rotatable bonds is 3. The molecule has 5 heteroatoms.